The first kappa shape index (κ1) is 16.1. The third kappa shape index (κ3) is 2.97. The first-order valence-corrected chi connectivity index (χ1v) is 8.17. The van der Waals surface area contributed by atoms with Crippen molar-refractivity contribution < 1.29 is 9.13 Å². The molecule has 0 aliphatic rings. The van der Waals surface area contributed by atoms with Crippen molar-refractivity contribution in [2.45, 2.75) is 6.92 Å². The number of nitrogens with one attached hydrogen (secondary N) is 1. The van der Waals surface area contributed by atoms with Crippen LogP contribution in [0.25, 0.3) is 17.0 Å². The minimum absolute atomic E-state index is 0.271. The molecule has 4 aromatic rings. The minimum atomic E-state index is -0.271. The van der Waals surface area contributed by atoms with Gasteiger partial charge in [0.1, 0.15) is 23.0 Å². The molecular weight excluding hydrogens is 331 g/mol. The van der Waals surface area contributed by atoms with Crippen LogP contribution >= 0.6 is 0 Å². The van der Waals surface area contributed by atoms with E-state index < -0.39 is 0 Å². The van der Waals surface area contributed by atoms with Crippen LogP contribution in [0, 0.1) is 12.7 Å². The number of aryl methyl sites for hydroxylation is 1. The van der Waals surface area contributed by atoms with E-state index in [1.54, 1.807) is 19.2 Å². The first-order valence-electron chi connectivity index (χ1n) is 8.17. The van der Waals surface area contributed by atoms with Gasteiger partial charge in [-0.3, -0.25) is 4.40 Å². The third-order valence-corrected chi connectivity index (χ3v) is 4.11. The number of fused-ring (bicyclic) bond motifs is 1. The molecule has 1 aromatic carbocycles. The summed E-state index contributed by atoms with van der Waals surface area (Å²) in [6, 6.07) is 15.7. The van der Waals surface area contributed by atoms with Gasteiger partial charge >= 0.3 is 0 Å². The SMILES string of the molecule is COc1ccc2nc(C)c(-c3cccc(Nc4ccc(F)cc4)n3)n2c1. The van der Waals surface area contributed by atoms with E-state index in [2.05, 4.69) is 10.3 Å². The molecule has 1 N–H and O–H groups in total. The Morgan fingerprint density at radius 1 is 1.00 bits per heavy atom. The molecule has 3 heterocycles. The van der Waals surface area contributed by atoms with E-state index in [-0.39, 0.29) is 5.82 Å². The van der Waals surface area contributed by atoms with Gasteiger partial charge in [-0.2, -0.15) is 0 Å². The number of hydrogen-bond donors (Lipinski definition) is 1. The summed E-state index contributed by atoms with van der Waals surface area (Å²) in [4.78, 5) is 9.29. The smallest absolute Gasteiger partial charge is 0.137 e. The summed E-state index contributed by atoms with van der Waals surface area (Å²) in [6.45, 7) is 1.95. The number of imidazole rings is 1. The van der Waals surface area contributed by atoms with E-state index in [0.29, 0.717) is 5.82 Å². The highest BCUT2D eigenvalue weighted by Gasteiger charge is 2.13. The largest absolute Gasteiger partial charge is 0.495 e. The molecule has 26 heavy (non-hydrogen) atoms. The van der Waals surface area contributed by atoms with Gasteiger partial charge in [-0.25, -0.2) is 14.4 Å². The van der Waals surface area contributed by atoms with Crippen LogP contribution in [0.4, 0.5) is 15.9 Å². The zero-order valence-electron chi connectivity index (χ0n) is 14.4. The molecule has 0 amide bonds. The minimum Gasteiger partial charge on any atom is -0.495 e. The number of pyridine rings is 2. The van der Waals surface area contributed by atoms with Crippen molar-refractivity contribution in [1.82, 2.24) is 14.4 Å². The average molecular weight is 348 g/mol. The fourth-order valence-electron chi connectivity index (χ4n) is 2.89. The average Bonchev–Trinajstić information content (AvgIpc) is 2.98. The molecule has 0 bridgehead atoms. The number of methoxy groups -OCH3 is 1. The van der Waals surface area contributed by atoms with Crippen molar-refractivity contribution in [3.63, 3.8) is 0 Å². The standard InChI is InChI=1S/C20H17FN4O/c1-13-20(25-12-16(26-2)10-11-19(25)22-13)17-4-3-5-18(24-17)23-15-8-6-14(21)7-9-15/h3-12H,1-2H3,(H,23,24). The summed E-state index contributed by atoms with van der Waals surface area (Å²) in [5.74, 6) is 1.15. The highest BCUT2D eigenvalue weighted by molar-refractivity contribution is 5.67. The van der Waals surface area contributed by atoms with E-state index in [1.807, 2.05) is 47.9 Å². The lowest BCUT2D eigenvalue weighted by Gasteiger charge is -2.09. The zero-order chi connectivity index (χ0) is 18.1. The number of hydrogen-bond acceptors (Lipinski definition) is 4. The van der Waals surface area contributed by atoms with Crippen molar-refractivity contribution in [3.8, 4) is 17.1 Å². The fourth-order valence-corrected chi connectivity index (χ4v) is 2.89. The van der Waals surface area contributed by atoms with E-state index in [9.17, 15) is 4.39 Å². The lowest BCUT2D eigenvalue weighted by Crippen LogP contribution is -1.97. The number of rotatable bonds is 4. The fraction of sp³-hybridized carbons (Fsp3) is 0.100. The molecule has 3 aromatic heterocycles. The molecule has 0 aliphatic heterocycles. The van der Waals surface area contributed by atoms with Crippen LogP contribution in [0.1, 0.15) is 5.69 Å². The van der Waals surface area contributed by atoms with Crippen LogP contribution in [0.3, 0.4) is 0 Å². The van der Waals surface area contributed by atoms with Crippen LogP contribution in [-0.2, 0) is 0 Å². The second-order valence-corrected chi connectivity index (χ2v) is 5.88. The van der Waals surface area contributed by atoms with Gasteiger partial charge in [0.15, 0.2) is 0 Å². The van der Waals surface area contributed by atoms with Gasteiger partial charge in [0.25, 0.3) is 0 Å². The Hall–Kier alpha value is -3.41. The molecule has 4 rings (SSSR count). The zero-order valence-corrected chi connectivity index (χ0v) is 14.4. The lowest BCUT2D eigenvalue weighted by atomic mass is 10.2. The number of aromatic nitrogens is 3. The third-order valence-electron chi connectivity index (χ3n) is 4.11. The topological polar surface area (TPSA) is 51.5 Å². The lowest BCUT2D eigenvalue weighted by molar-refractivity contribution is 0.412. The molecular formula is C20H17FN4O. The summed E-state index contributed by atoms with van der Waals surface area (Å²) in [5, 5.41) is 3.19. The van der Waals surface area contributed by atoms with Crippen molar-refractivity contribution >= 4 is 17.2 Å². The molecule has 0 aliphatic carbocycles. The molecule has 0 radical (unpaired) electrons. The summed E-state index contributed by atoms with van der Waals surface area (Å²) >= 11 is 0. The van der Waals surface area contributed by atoms with Gasteiger partial charge in [-0.15, -0.1) is 0 Å². The summed E-state index contributed by atoms with van der Waals surface area (Å²) in [5.41, 5.74) is 4.17. The molecule has 5 nitrogen and oxygen atoms in total. The Kier molecular flexibility index (Phi) is 4.01. The molecule has 0 unspecified atom stereocenters. The van der Waals surface area contributed by atoms with Crippen LogP contribution in [0.2, 0.25) is 0 Å². The van der Waals surface area contributed by atoms with Crippen molar-refractivity contribution in [1.29, 1.82) is 0 Å². The highest BCUT2D eigenvalue weighted by Crippen LogP contribution is 2.27. The van der Waals surface area contributed by atoms with Crippen molar-refractivity contribution in [2.75, 3.05) is 12.4 Å². The molecule has 0 spiro atoms. The number of benzene rings is 1. The number of ether oxygens (including phenoxy) is 1. The van der Waals surface area contributed by atoms with E-state index in [4.69, 9.17) is 9.72 Å². The second-order valence-electron chi connectivity index (χ2n) is 5.88. The Morgan fingerprint density at radius 2 is 1.81 bits per heavy atom. The number of nitrogens with zero attached hydrogens (tertiary/aromatic N) is 3. The Labute approximate surface area is 150 Å². The van der Waals surface area contributed by atoms with E-state index >= 15 is 0 Å². The van der Waals surface area contributed by atoms with Gasteiger partial charge in [0.2, 0.25) is 0 Å². The summed E-state index contributed by atoms with van der Waals surface area (Å²) < 4.78 is 20.4. The quantitative estimate of drug-likeness (QED) is 0.586. The maximum Gasteiger partial charge on any atom is 0.137 e. The maximum atomic E-state index is 13.1. The Balaban J connectivity index is 1.75. The normalized spacial score (nSPS) is 10.9. The van der Waals surface area contributed by atoms with Gasteiger partial charge in [0, 0.05) is 5.69 Å². The van der Waals surface area contributed by atoms with E-state index in [1.165, 1.54) is 12.1 Å². The molecule has 0 saturated heterocycles. The van der Waals surface area contributed by atoms with Crippen LogP contribution in [0.15, 0.2) is 60.8 Å². The maximum absolute atomic E-state index is 13.1. The van der Waals surface area contributed by atoms with Gasteiger partial charge in [-0.1, -0.05) is 6.07 Å². The summed E-state index contributed by atoms with van der Waals surface area (Å²) in [7, 11) is 1.64. The van der Waals surface area contributed by atoms with E-state index in [0.717, 1.165) is 34.2 Å². The van der Waals surface area contributed by atoms with Crippen LogP contribution in [-0.4, -0.2) is 21.5 Å². The summed E-state index contributed by atoms with van der Waals surface area (Å²) in [6.07, 6.45) is 1.90. The van der Waals surface area contributed by atoms with Gasteiger partial charge in [0.05, 0.1) is 30.4 Å². The van der Waals surface area contributed by atoms with Crippen LogP contribution in [0.5, 0.6) is 5.75 Å². The number of anilines is 2. The monoisotopic (exact) mass is 348 g/mol. The van der Waals surface area contributed by atoms with Crippen molar-refractivity contribution in [2.24, 2.45) is 0 Å². The van der Waals surface area contributed by atoms with Gasteiger partial charge in [-0.05, 0) is 55.5 Å². The molecule has 6 heteroatoms. The Morgan fingerprint density at radius 3 is 2.58 bits per heavy atom. The predicted molar refractivity (Wildman–Crippen MR) is 99.4 cm³/mol. The first-order chi connectivity index (χ1) is 12.6. The van der Waals surface area contributed by atoms with Gasteiger partial charge < -0.3 is 10.1 Å². The molecule has 0 saturated carbocycles. The van der Waals surface area contributed by atoms with Crippen molar-refractivity contribution in [3.05, 3.63) is 72.3 Å². The molecule has 0 fully saturated rings. The second kappa shape index (κ2) is 6.48. The molecule has 0 atom stereocenters. The highest BCUT2D eigenvalue weighted by atomic mass is 19.1. The predicted octanol–water partition coefficient (Wildman–Crippen LogP) is 4.60. The van der Waals surface area contributed by atoms with Crippen LogP contribution < -0.4 is 10.1 Å². The molecule has 130 valence electrons. The number of halogens is 1. The Bertz CT molecular complexity index is 1070.